The van der Waals surface area contributed by atoms with E-state index in [0.29, 0.717) is 18.7 Å². The van der Waals surface area contributed by atoms with Gasteiger partial charge in [-0.25, -0.2) is 4.39 Å². The van der Waals surface area contributed by atoms with Crippen LogP contribution < -0.4 is 14.8 Å². The molecule has 0 aliphatic heterocycles. The number of nitrogens with one attached hydrogen (secondary N) is 1. The lowest BCUT2D eigenvalue weighted by atomic mass is 10.2. The lowest BCUT2D eigenvalue weighted by Gasteiger charge is -2.17. The third kappa shape index (κ3) is 4.98. The van der Waals surface area contributed by atoms with Gasteiger partial charge in [-0.2, -0.15) is 0 Å². The fourth-order valence-corrected chi connectivity index (χ4v) is 2.05. The fraction of sp³-hybridized carbons (Fsp3) is 0.278. The molecular weight excluding hydrogens is 297 g/mol. The third-order valence-corrected chi connectivity index (χ3v) is 3.38. The first kappa shape index (κ1) is 16.8. The second kappa shape index (κ2) is 8.17. The predicted molar refractivity (Wildman–Crippen MR) is 85.9 cm³/mol. The van der Waals surface area contributed by atoms with Gasteiger partial charge in [-0.05, 0) is 48.4 Å². The molecule has 2 rings (SSSR count). The highest BCUT2D eigenvalue weighted by molar-refractivity contribution is 5.81. The van der Waals surface area contributed by atoms with Crippen LogP contribution in [0.5, 0.6) is 11.5 Å². The average molecular weight is 317 g/mol. The smallest absolute Gasteiger partial charge is 0.261 e. The van der Waals surface area contributed by atoms with Crippen molar-refractivity contribution >= 4 is 5.91 Å². The summed E-state index contributed by atoms with van der Waals surface area (Å²) in [7, 11) is 1.59. The van der Waals surface area contributed by atoms with Gasteiger partial charge < -0.3 is 14.8 Å². The van der Waals surface area contributed by atoms with E-state index in [0.717, 1.165) is 11.3 Å². The van der Waals surface area contributed by atoms with Crippen LogP contribution in [-0.4, -0.2) is 19.1 Å². The van der Waals surface area contributed by atoms with Crippen molar-refractivity contribution in [3.05, 3.63) is 59.9 Å². The summed E-state index contributed by atoms with van der Waals surface area (Å²) < 4.78 is 23.6. The van der Waals surface area contributed by atoms with Gasteiger partial charge in [0.25, 0.3) is 5.91 Å². The number of hydrogen-bond acceptors (Lipinski definition) is 3. The van der Waals surface area contributed by atoms with E-state index in [9.17, 15) is 9.18 Å². The number of ether oxygens (including phenoxy) is 2. The van der Waals surface area contributed by atoms with E-state index in [-0.39, 0.29) is 11.7 Å². The van der Waals surface area contributed by atoms with Gasteiger partial charge in [0.1, 0.15) is 17.3 Å². The monoisotopic (exact) mass is 317 g/mol. The molecule has 0 aliphatic carbocycles. The Morgan fingerprint density at radius 1 is 1.09 bits per heavy atom. The Morgan fingerprint density at radius 2 is 1.70 bits per heavy atom. The van der Waals surface area contributed by atoms with Crippen LogP contribution >= 0.6 is 0 Å². The van der Waals surface area contributed by atoms with Crippen LogP contribution in [0.3, 0.4) is 0 Å². The second-order valence-electron chi connectivity index (χ2n) is 5.03. The summed E-state index contributed by atoms with van der Waals surface area (Å²) >= 11 is 0. The number of carbonyl (C=O) groups is 1. The Labute approximate surface area is 135 Å². The summed E-state index contributed by atoms with van der Waals surface area (Å²) in [6.45, 7) is 2.22. The predicted octanol–water partition coefficient (Wildman–Crippen LogP) is 3.31. The molecule has 1 N–H and O–H groups in total. The number of rotatable bonds is 7. The maximum absolute atomic E-state index is 12.8. The molecule has 0 saturated heterocycles. The summed E-state index contributed by atoms with van der Waals surface area (Å²) in [6.07, 6.45) is -0.0368. The maximum Gasteiger partial charge on any atom is 0.261 e. The lowest BCUT2D eigenvalue weighted by Crippen LogP contribution is -2.37. The summed E-state index contributed by atoms with van der Waals surface area (Å²) in [5.74, 6) is 0.836. The second-order valence-corrected chi connectivity index (χ2v) is 5.03. The molecule has 0 saturated carbocycles. The van der Waals surface area contributed by atoms with Crippen LogP contribution in [0.4, 0.5) is 4.39 Å². The molecule has 122 valence electrons. The standard InChI is InChI=1S/C18H20FNO3/c1-3-17(23-16-10-8-15(22-2)9-11-16)18(21)20-12-13-4-6-14(19)7-5-13/h4-11,17H,3,12H2,1-2H3,(H,20,21). The van der Waals surface area contributed by atoms with Crippen molar-refractivity contribution in [3.8, 4) is 11.5 Å². The van der Waals surface area contributed by atoms with Gasteiger partial charge in [0.2, 0.25) is 0 Å². The van der Waals surface area contributed by atoms with Crippen molar-refractivity contribution < 1.29 is 18.7 Å². The number of hydrogen-bond donors (Lipinski definition) is 1. The zero-order chi connectivity index (χ0) is 16.7. The highest BCUT2D eigenvalue weighted by atomic mass is 19.1. The summed E-state index contributed by atoms with van der Waals surface area (Å²) in [6, 6.07) is 13.1. The van der Waals surface area contributed by atoms with Gasteiger partial charge in [-0.15, -0.1) is 0 Å². The quantitative estimate of drug-likeness (QED) is 0.852. The summed E-state index contributed by atoms with van der Waals surface area (Å²) in [5, 5.41) is 2.80. The Balaban J connectivity index is 1.90. The number of amides is 1. The van der Waals surface area contributed by atoms with Crippen LogP contribution in [-0.2, 0) is 11.3 Å². The van der Waals surface area contributed by atoms with Crippen molar-refractivity contribution in [2.45, 2.75) is 26.0 Å². The van der Waals surface area contributed by atoms with Crippen molar-refractivity contribution in [2.75, 3.05) is 7.11 Å². The van der Waals surface area contributed by atoms with E-state index in [4.69, 9.17) is 9.47 Å². The molecule has 1 atom stereocenters. The van der Waals surface area contributed by atoms with Gasteiger partial charge in [0.05, 0.1) is 7.11 Å². The van der Waals surface area contributed by atoms with Crippen molar-refractivity contribution in [2.24, 2.45) is 0 Å². The fourth-order valence-electron chi connectivity index (χ4n) is 2.05. The van der Waals surface area contributed by atoms with Crippen molar-refractivity contribution in [1.82, 2.24) is 5.32 Å². The molecule has 2 aromatic rings. The molecule has 23 heavy (non-hydrogen) atoms. The van der Waals surface area contributed by atoms with E-state index in [1.807, 2.05) is 6.92 Å². The van der Waals surface area contributed by atoms with Gasteiger partial charge in [0, 0.05) is 6.54 Å². The van der Waals surface area contributed by atoms with E-state index >= 15 is 0 Å². The van der Waals surface area contributed by atoms with E-state index in [1.54, 1.807) is 43.5 Å². The van der Waals surface area contributed by atoms with E-state index < -0.39 is 6.10 Å². The van der Waals surface area contributed by atoms with Crippen molar-refractivity contribution in [1.29, 1.82) is 0 Å². The van der Waals surface area contributed by atoms with Gasteiger partial charge >= 0.3 is 0 Å². The zero-order valence-corrected chi connectivity index (χ0v) is 13.2. The Bertz CT molecular complexity index is 626. The third-order valence-electron chi connectivity index (χ3n) is 3.38. The highest BCUT2D eigenvalue weighted by Crippen LogP contribution is 2.19. The SMILES string of the molecule is CCC(Oc1ccc(OC)cc1)C(=O)NCc1ccc(F)cc1. The molecule has 0 spiro atoms. The van der Waals surface area contributed by atoms with Crippen LogP contribution in [0.25, 0.3) is 0 Å². The number of carbonyl (C=O) groups excluding carboxylic acids is 1. The zero-order valence-electron chi connectivity index (χ0n) is 13.2. The first-order valence-electron chi connectivity index (χ1n) is 7.45. The van der Waals surface area contributed by atoms with E-state index in [2.05, 4.69) is 5.32 Å². The summed E-state index contributed by atoms with van der Waals surface area (Å²) in [5.41, 5.74) is 0.832. The molecular formula is C18H20FNO3. The first-order chi connectivity index (χ1) is 11.1. The molecule has 0 aliphatic rings. The molecule has 1 amide bonds. The van der Waals surface area contributed by atoms with Gasteiger partial charge in [-0.1, -0.05) is 19.1 Å². The van der Waals surface area contributed by atoms with Gasteiger partial charge in [-0.3, -0.25) is 4.79 Å². The average Bonchev–Trinajstić information content (AvgIpc) is 2.59. The number of methoxy groups -OCH3 is 1. The molecule has 0 radical (unpaired) electrons. The minimum Gasteiger partial charge on any atom is -0.497 e. The Morgan fingerprint density at radius 3 is 2.26 bits per heavy atom. The van der Waals surface area contributed by atoms with Crippen LogP contribution in [0.1, 0.15) is 18.9 Å². The molecule has 0 fully saturated rings. The van der Waals surface area contributed by atoms with Crippen LogP contribution in [0.15, 0.2) is 48.5 Å². The molecule has 0 aromatic heterocycles. The largest absolute Gasteiger partial charge is 0.497 e. The molecule has 2 aromatic carbocycles. The molecule has 1 unspecified atom stereocenters. The Kier molecular flexibility index (Phi) is 5.97. The van der Waals surface area contributed by atoms with Crippen LogP contribution in [0, 0.1) is 5.82 Å². The number of halogens is 1. The number of benzene rings is 2. The summed E-state index contributed by atoms with van der Waals surface area (Å²) in [4.78, 5) is 12.2. The normalized spacial score (nSPS) is 11.6. The van der Waals surface area contributed by atoms with Crippen LogP contribution in [0.2, 0.25) is 0 Å². The highest BCUT2D eigenvalue weighted by Gasteiger charge is 2.18. The van der Waals surface area contributed by atoms with Gasteiger partial charge in [0.15, 0.2) is 6.10 Å². The lowest BCUT2D eigenvalue weighted by molar-refractivity contribution is -0.128. The minimum atomic E-state index is -0.580. The van der Waals surface area contributed by atoms with Crippen molar-refractivity contribution in [3.63, 3.8) is 0 Å². The topological polar surface area (TPSA) is 47.6 Å². The maximum atomic E-state index is 12.8. The minimum absolute atomic E-state index is 0.201. The molecule has 0 heterocycles. The molecule has 4 nitrogen and oxygen atoms in total. The molecule has 5 heteroatoms. The first-order valence-corrected chi connectivity index (χ1v) is 7.45. The Hall–Kier alpha value is -2.56. The molecule has 0 bridgehead atoms. The van der Waals surface area contributed by atoms with E-state index in [1.165, 1.54) is 12.1 Å².